The van der Waals surface area contributed by atoms with Crippen molar-refractivity contribution in [2.75, 3.05) is 18.8 Å². The zero-order valence-electron chi connectivity index (χ0n) is 16.5. The molecule has 8 heteroatoms. The summed E-state index contributed by atoms with van der Waals surface area (Å²) in [5.41, 5.74) is -0.616. The largest absolute Gasteiger partial charge is 0.432 e. The number of amides is 2. The van der Waals surface area contributed by atoms with Crippen molar-refractivity contribution < 1.29 is 19.5 Å². The molecule has 148 valence electrons. The summed E-state index contributed by atoms with van der Waals surface area (Å²) in [6.07, 6.45) is 0.358. The highest BCUT2D eigenvalue weighted by molar-refractivity contribution is 7.80. The van der Waals surface area contributed by atoms with E-state index in [0.717, 1.165) is 6.42 Å². The predicted octanol–water partition coefficient (Wildman–Crippen LogP) is 1.68. The van der Waals surface area contributed by atoms with E-state index < -0.39 is 25.7 Å². The van der Waals surface area contributed by atoms with Gasteiger partial charge >= 0.3 is 0 Å². The van der Waals surface area contributed by atoms with E-state index in [2.05, 4.69) is 23.3 Å². The van der Waals surface area contributed by atoms with Crippen LogP contribution in [-0.4, -0.2) is 55.0 Å². The Hall–Kier alpha value is -0.573. The third-order valence-corrected chi connectivity index (χ3v) is 8.91. The Kier molecular flexibility index (Phi) is 9.71. The molecule has 0 fully saturated rings. The number of hydrogen-bond acceptors (Lipinski definition) is 5. The van der Waals surface area contributed by atoms with Gasteiger partial charge in [-0.3, -0.25) is 9.59 Å². The van der Waals surface area contributed by atoms with Gasteiger partial charge in [0.25, 0.3) is 0 Å². The fourth-order valence-electron chi connectivity index (χ4n) is 2.11. The lowest BCUT2D eigenvalue weighted by Crippen LogP contribution is -2.46. The maximum absolute atomic E-state index is 12.2. The molecule has 0 aromatic heterocycles. The van der Waals surface area contributed by atoms with E-state index in [0.29, 0.717) is 18.7 Å². The van der Waals surface area contributed by atoms with Crippen LogP contribution in [0.2, 0.25) is 18.1 Å². The molecule has 0 bridgehead atoms. The Bertz CT molecular complexity index is 450. The van der Waals surface area contributed by atoms with Crippen molar-refractivity contribution >= 4 is 32.8 Å². The van der Waals surface area contributed by atoms with E-state index >= 15 is 0 Å². The number of hydrogen-bond donors (Lipinski definition) is 5. The normalized spacial score (nSPS) is 14.1. The van der Waals surface area contributed by atoms with E-state index in [1.54, 1.807) is 0 Å². The van der Waals surface area contributed by atoms with Crippen LogP contribution in [0.5, 0.6) is 0 Å². The van der Waals surface area contributed by atoms with Crippen LogP contribution >= 0.6 is 12.6 Å². The van der Waals surface area contributed by atoms with Crippen LogP contribution in [0.1, 0.15) is 47.0 Å². The summed E-state index contributed by atoms with van der Waals surface area (Å²) in [4.78, 5) is 34.0. The minimum atomic E-state index is -2.32. The van der Waals surface area contributed by atoms with Gasteiger partial charge in [0.1, 0.15) is 6.10 Å². The summed E-state index contributed by atoms with van der Waals surface area (Å²) in [5.74, 6) is -0.0558. The first-order valence-corrected chi connectivity index (χ1v) is 12.4. The fourth-order valence-corrected chi connectivity index (χ4v) is 2.96. The van der Waals surface area contributed by atoms with Crippen LogP contribution in [0.4, 0.5) is 0 Å². The molecule has 1 atom stereocenters. The van der Waals surface area contributed by atoms with Gasteiger partial charge in [0.2, 0.25) is 11.8 Å². The molecule has 2 amide bonds. The van der Waals surface area contributed by atoms with Gasteiger partial charge < -0.3 is 20.5 Å². The lowest BCUT2D eigenvalue weighted by Gasteiger charge is -2.38. The summed E-state index contributed by atoms with van der Waals surface area (Å²) < 4.78 is 0. The first kappa shape index (κ1) is 24.4. The van der Waals surface area contributed by atoms with Crippen molar-refractivity contribution in [2.24, 2.45) is 5.41 Å². The Morgan fingerprint density at radius 1 is 1.08 bits per heavy atom. The number of nitrogens with one attached hydrogen (secondary N) is 2. The summed E-state index contributed by atoms with van der Waals surface area (Å²) in [6.45, 7) is 12.2. The Balaban J connectivity index is 4.47. The van der Waals surface area contributed by atoms with Crippen LogP contribution in [-0.2, 0) is 9.59 Å². The van der Waals surface area contributed by atoms with Gasteiger partial charge in [-0.25, -0.2) is 0 Å². The van der Waals surface area contributed by atoms with Crippen molar-refractivity contribution in [1.82, 2.24) is 10.6 Å². The quantitative estimate of drug-likeness (QED) is 0.273. The standard InChI is InChI=1S/C17H36N2O4SSi/c1-16(2,8-9-17(3,4)25(5,6)23)14(21)15(22)19-10-7-13(20)18-11-12-24/h14,21,23-24H,7-12H2,1-6H3,(H,18,20)(H,19,22)/t14-/m0/s1. The minimum Gasteiger partial charge on any atom is -0.432 e. The molecule has 0 aliphatic heterocycles. The summed E-state index contributed by atoms with van der Waals surface area (Å²) in [5, 5.41) is 15.5. The molecular formula is C17H36N2O4SSi. The van der Waals surface area contributed by atoms with Gasteiger partial charge in [0.15, 0.2) is 8.32 Å². The van der Waals surface area contributed by atoms with Crippen molar-refractivity contribution in [1.29, 1.82) is 0 Å². The zero-order valence-corrected chi connectivity index (χ0v) is 18.4. The lowest BCUT2D eigenvalue weighted by atomic mass is 9.79. The predicted molar refractivity (Wildman–Crippen MR) is 107 cm³/mol. The highest BCUT2D eigenvalue weighted by Gasteiger charge is 2.41. The number of carbonyl (C=O) groups excluding carboxylic acids is 2. The third-order valence-electron chi connectivity index (χ3n) is 5.12. The Morgan fingerprint density at radius 2 is 1.64 bits per heavy atom. The highest BCUT2D eigenvalue weighted by Crippen LogP contribution is 2.43. The van der Waals surface area contributed by atoms with Gasteiger partial charge in [0.05, 0.1) is 0 Å². The first-order chi connectivity index (χ1) is 11.2. The van der Waals surface area contributed by atoms with Gasteiger partial charge in [-0.05, 0) is 36.4 Å². The van der Waals surface area contributed by atoms with Crippen LogP contribution in [0.3, 0.4) is 0 Å². The second-order valence-corrected chi connectivity index (χ2v) is 13.4. The van der Waals surface area contributed by atoms with Crippen molar-refractivity contribution in [3.63, 3.8) is 0 Å². The molecule has 0 heterocycles. The summed E-state index contributed by atoms with van der Waals surface area (Å²) >= 11 is 4.00. The van der Waals surface area contributed by atoms with Crippen molar-refractivity contribution in [2.45, 2.75) is 71.2 Å². The molecule has 4 N–H and O–H groups in total. The van der Waals surface area contributed by atoms with Gasteiger partial charge in [-0.2, -0.15) is 12.6 Å². The van der Waals surface area contributed by atoms with Gasteiger partial charge in [0, 0.05) is 25.3 Å². The number of carbonyl (C=O) groups is 2. The van der Waals surface area contributed by atoms with Crippen molar-refractivity contribution in [3.05, 3.63) is 0 Å². The molecule has 0 saturated carbocycles. The minimum absolute atomic E-state index is 0.153. The van der Waals surface area contributed by atoms with Gasteiger partial charge in [-0.15, -0.1) is 0 Å². The molecule has 25 heavy (non-hydrogen) atoms. The van der Waals surface area contributed by atoms with Crippen LogP contribution in [0.25, 0.3) is 0 Å². The summed E-state index contributed by atoms with van der Waals surface area (Å²) in [6, 6.07) is 0. The molecule has 0 saturated heterocycles. The van der Waals surface area contributed by atoms with E-state index in [-0.39, 0.29) is 23.9 Å². The van der Waals surface area contributed by atoms with E-state index in [9.17, 15) is 19.5 Å². The average Bonchev–Trinajstić information content (AvgIpc) is 2.49. The highest BCUT2D eigenvalue weighted by atomic mass is 32.1. The van der Waals surface area contributed by atoms with Crippen LogP contribution < -0.4 is 10.6 Å². The SMILES string of the molecule is CC(C)(CCC(C)(C)[Si](C)(C)O)[C@@H](O)C(=O)NCCC(=O)NCCS. The monoisotopic (exact) mass is 392 g/mol. The smallest absolute Gasteiger partial charge is 0.249 e. The Morgan fingerprint density at radius 3 is 2.12 bits per heavy atom. The molecule has 0 spiro atoms. The number of aliphatic hydroxyl groups excluding tert-OH is 1. The van der Waals surface area contributed by atoms with E-state index in [4.69, 9.17) is 0 Å². The van der Waals surface area contributed by atoms with Crippen molar-refractivity contribution in [3.8, 4) is 0 Å². The molecular weight excluding hydrogens is 356 g/mol. The molecule has 0 aliphatic carbocycles. The molecule has 0 aromatic rings. The maximum Gasteiger partial charge on any atom is 0.249 e. The van der Waals surface area contributed by atoms with E-state index in [1.165, 1.54) is 0 Å². The Labute approximate surface area is 158 Å². The second-order valence-electron chi connectivity index (χ2n) is 8.45. The topological polar surface area (TPSA) is 98.7 Å². The van der Waals surface area contributed by atoms with Crippen LogP contribution in [0, 0.1) is 5.41 Å². The van der Waals surface area contributed by atoms with Gasteiger partial charge in [-0.1, -0.05) is 27.7 Å². The second kappa shape index (κ2) is 9.94. The summed E-state index contributed by atoms with van der Waals surface area (Å²) in [7, 11) is -2.32. The third kappa shape index (κ3) is 8.57. The fraction of sp³-hybridized carbons (Fsp3) is 0.882. The zero-order chi connectivity index (χ0) is 19.9. The molecule has 0 aromatic carbocycles. The van der Waals surface area contributed by atoms with Crippen LogP contribution in [0.15, 0.2) is 0 Å². The molecule has 0 aliphatic rings. The maximum atomic E-state index is 12.2. The first-order valence-electron chi connectivity index (χ1n) is 8.80. The van der Waals surface area contributed by atoms with E-state index in [1.807, 2.05) is 40.8 Å². The number of thiol groups is 1. The lowest BCUT2D eigenvalue weighted by molar-refractivity contribution is -0.135. The number of rotatable bonds is 11. The molecule has 0 rings (SSSR count). The average molecular weight is 393 g/mol. The molecule has 0 unspecified atom stereocenters. The number of aliphatic hydroxyl groups is 1. The molecule has 0 radical (unpaired) electrons. The molecule has 6 nitrogen and oxygen atoms in total.